The fourth-order valence-corrected chi connectivity index (χ4v) is 2.84. The smallest absolute Gasteiger partial charge is 0.346 e. The zero-order valence-electron chi connectivity index (χ0n) is 15.4. The Hall–Kier alpha value is -3.35. The molecule has 0 bridgehead atoms. The van der Waals surface area contributed by atoms with E-state index >= 15 is 0 Å². The summed E-state index contributed by atoms with van der Waals surface area (Å²) in [4.78, 5) is 25.2. The Labute approximate surface area is 157 Å². The number of imide groups is 1. The maximum Gasteiger partial charge on any atom is 0.346 e. The number of amides is 3. The number of nitrogens with zero attached hydrogens (tertiary/aromatic N) is 2. The lowest BCUT2D eigenvalue weighted by Gasteiger charge is -2.21. The van der Waals surface area contributed by atoms with Crippen LogP contribution in [0.25, 0.3) is 0 Å². The maximum atomic E-state index is 12.9. The number of rotatable bonds is 6. The second kappa shape index (κ2) is 7.49. The van der Waals surface area contributed by atoms with Crippen molar-refractivity contribution in [2.24, 2.45) is 5.10 Å². The number of ether oxygens (including phenoxy) is 2. The summed E-state index contributed by atoms with van der Waals surface area (Å²) in [6.45, 7) is 4.04. The van der Waals surface area contributed by atoms with Gasteiger partial charge in [0.2, 0.25) is 0 Å². The molecule has 1 heterocycles. The summed E-state index contributed by atoms with van der Waals surface area (Å²) in [5, 5.41) is 7.65. The average molecular weight is 367 g/mol. The molecule has 7 heteroatoms. The van der Waals surface area contributed by atoms with E-state index in [-0.39, 0.29) is 0 Å². The SMILES string of the molecule is CCOc1ccccc1/C=N\N1C(=O)N[C@@](C)(c2ccc(OC)cc2)C1=O. The Bertz CT molecular complexity index is 879. The van der Waals surface area contributed by atoms with Crippen molar-refractivity contribution < 1.29 is 19.1 Å². The van der Waals surface area contributed by atoms with E-state index in [9.17, 15) is 9.59 Å². The summed E-state index contributed by atoms with van der Waals surface area (Å²) < 4.78 is 10.7. The van der Waals surface area contributed by atoms with Gasteiger partial charge in [0.25, 0.3) is 5.91 Å². The highest BCUT2D eigenvalue weighted by molar-refractivity contribution is 6.07. The molecule has 2 aromatic carbocycles. The van der Waals surface area contributed by atoms with Crippen LogP contribution in [0.4, 0.5) is 4.79 Å². The number of benzene rings is 2. The fourth-order valence-electron chi connectivity index (χ4n) is 2.84. The Kier molecular flexibility index (Phi) is 5.12. The third-order valence-corrected chi connectivity index (χ3v) is 4.37. The molecule has 1 atom stereocenters. The highest BCUT2D eigenvalue weighted by atomic mass is 16.5. The lowest BCUT2D eigenvalue weighted by Crippen LogP contribution is -2.40. The van der Waals surface area contributed by atoms with Crippen molar-refractivity contribution in [3.05, 3.63) is 59.7 Å². The average Bonchev–Trinajstić information content (AvgIpc) is 2.91. The van der Waals surface area contributed by atoms with Crippen LogP contribution < -0.4 is 14.8 Å². The van der Waals surface area contributed by atoms with Crippen molar-refractivity contribution in [3.8, 4) is 11.5 Å². The van der Waals surface area contributed by atoms with Crippen LogP contribution in [-0.4, -0.2) is 36.9 Å². The molecule has 27 heavy (non-hydrogen) atoms. The molecule has 0 unspecified atom stereocenters. The monoisotopic (exact) mass is 367 g/mol. The molecule has 0 spiro atoms. The van der Waals surface area contributed by atoms with E-state index in [1.807, 2.05) is 19.1 Å². The molecule has 7 nitrogen and oxygen atoms in total. The van der Waals surface area contributed by atoms with Crippen LogP contribution in [0.5, 0.6) is 11.5 Å². The summed E-state index contributed by atoms with van der Waals surface area (Å²) >= 11 is 0. The molecule has 1 saturated heterocycles. The van der Waals surface area contributed by atoms with Gasteiger partial charge < -0.3 is 14.8 Å². The van der Waals surface area contributed by atoms with Gasteiger partial charge in [-0.25, -0.2) is 4.79 Å². The summed E-state index contributed by atoms with van der Waals surface area (Å²) in [6.07, 6.45) is 1.45. The molecule has 1 aliphatic rings. The number of carbonyl (C=O) groups excluding carboxylic acids is 2. The van der Waals surface area contributed by atoms with Crippen LogP contribution >= 0.6 is 0 Å². The van der Waals surface area contributed by atoms with Crippen molar-refractivity contribution in [3.63, 3.8) is 0 Å². The van der Waals surface area contributed by atoms with Gasteiger partial charge in [-0.3, -0.25) is 4.79 Å². The Morgan fingerprint density at radius 2 is 1.85 bits per heavy atom. The number of hydrazone groups is 1. The summed E-state index contributed by atoms with van der Waals surface area (Å²) in [5.74, 6) is 0.845. The van der Waals surface area contributed by atoms with E-state index in [4.69, 9.17) is 9.47 Å². The molecular formula is C20H21N3O4. The normalized spacial score (nSPS) is 19.4. The minimum atomic E-state index is -1.19. The van der Waals surface area contributed by atoms with Gasteiger partial charge >= 0.3 is 6.03 Å². The Morgan fingerprint density at radius 1 is 1.15 bits per heavy atom. The molecule has 0 aliphatic carbocycles. The molecule has 3 rings (SSSR count). The van der Waals surface area contributed by atoms with Crippen molar-refractivity contribution in [1.82, 2.24) is 10.3 Å². The lowest BCUT2D eigenvalue weighted by molar-refractivity contribution is -0.131. The van der Waals surface area contributed by atoms with Crippen LogP contribution in [0, 0.1) is 0 Å². The number of para-hydroxylation sites is 1. The fraction of sp³-hybridized carbons (Fsp3) is 0.250. The number of methoxy groups -OCH3 is 1. The van der Waals surface area contributed by atoms with Crippen LogP contribution in [0.15, 0.2) is 53.6 Å². The molecule has 0 aromatic heterocycles. The number of carbonyl (C=O) groups is 2. The second-order valence-electron chi connectivity index (χ2n) is 6.12. The third-order valence-electron chi connectivity index (χ3n) is 4.37. The van der Waals surface area contributed by atoms with Crippen LogP contribution in [0.2, 0.25) is 0 Å². The first kappa shape index (κ1) is 18.4. The molecule has 0 radical (unpaired) electrons. The molecule has 1 N–H and O–H groups in total. The zero-order valence-corrected chi connectivity index (χ0v) is 15.4. The van der Waals surface area contributed by atoms with Gasteiger partial charge in [-0.2, -0.15) is 5.10 Å². The molecule has 1 aliphatic heterocycles. The van der Waals surface area contributed by atoms with E-state index in [0.29, 0.717) is 29.2 Å². The Morgan fingerprint density at radius 3 is 2.52 bits per heavy atom. The predicted molar refractivity (Wildman–Crippen MR) is 101 cm³/mol. The molecule has 0 saturated carbocycles. The van der Waals surface area contributed by atoms with Crippen molar-refractivity contribution in [2.75, 3.05) is 13.7 Å². The van der Waals surface area contributed by atoms with E-state index in [2.05, 4.69) is 10.4 Å². The predicted octanol–water partition coefficient (Wildman–Crippen LogP) is 2.90. The number of nitrogens with one attached hydrogen (secondary N) is 1. The standard InChI is InChI=1S/C20H21N3O4/c1-4-27-17-8-6-5-7-14(17)13-21-23-18(24)20(2,22-19(23)25)15-9-11-16(26-3)12-10-15/h5-13H,4H2,1-3H3,(H,22,25)/b21-13-/t20-/m0/s1. The molecule has 140 valence electrons. The largest absolute Gasteiger partial charge is 0.497 e. The first-order chi connectivity index (χ1) is 13.0. The van der Waals surface area contributed by atoms with E-state index < -0.39 is 17.5 Å². The van der Waals surface area contributed by atoms with Crippen molar-refractivity contribution in [1.29, 1.82) is 0 Å². The van der Waals surface area contributed by atoms with Gasteiger partial charge in [-0.1, -0.05) is 24.3 Å². The summed E-state index contributed by atoms with van der Waals surface area (Å²) in [6, 6.07) is 13.7. The molecule has 2 aromatic rings. The Balaban J connectivity index is 1.86. The number of hydrogen-bond acceptors (Lipinski definition) is 5. The second-order valence-corrected chi connectivity index (χ2v) is 6.12. The topological polar surface area (TPSA) is 80.2 Å². The molecular weight excluding hydrogens is 346 g/mol. The minimum Gasteiger partial charge on any atom is -0.497 e. The van der Waals surface area contributed by atoms with Crippen LogP contribution in [0.3, 0.4) is 0 Å². The van der Waals surface area contributed by atoms with Gasteiger partial charge in [0.15, 0.2) is 0 Å². The first-order valence-corrected chi connectivity index (χ1v) is 8.56. The number of urea groups is 1. The van der Waals surface area contributed by atoms with Gasteiger partial charge in [0.05, 0.1) is 19.9 Å². The third kappa shape index (κ3) is 3.48. The maximum absolute atomic E-state index is 12.9. The van der Waals surface area contributed by atoms with E-state index in [1.54, 1.807) is 50.4 Å². The highest BCUT2D eigenvalue weighted by Gasteiger charge is 2.49. The van der Waals surface area contributed by atoms with E-state index in [0.717, 1.165) is 5.01 Å². The van der Waals surface area contributed by atoms with Crippen LogP contribution in [0.1, 0.15) is 25.0 Å². The molecule has 1 fully saturated rings. The lowest BCUT2D eigenvalue weighted by atomic mass is 9.92. The van der Waals surface area contributed by atoms with Crippen molar-refractivity contribution in [2.45, 2.75) is 19.4 Å². The highest BCUT2D eigenvalue weighted by Crippen LogP contribution is 2.30. The van der Waals surface area contributed by atoms with Gasteiger partial charge in [0, 0.05) is 5.56 Å². The van der Waals surface area contributed by atoms with Gasteiger partial charge in [-0.05, 0) is 43.7 Å². The zero-order chi connectivity index (χ0) is 19.4. The van der Waals surface area contributed by atoms with E-state index in [1.165, 1.54) is 6.21 Å². The molecule has 3 amide bonds. The van der Waals surface area contributed by atoms with Crippen LogP contribution in [-0.2, 0) is 10.3 Å². The van der Waals surface area contributed by atoms with Gasteiger partial charge in [-0.15, -0.1) is 5.01 Å². The minimum absolute atomic E-state index is 0.456. The summed E-state index contributed by atoms with van der Waals surface area (Å²) in [5.41, 5.74) is 0.132. The van der Waals surface area contributed by atoms with Crippen molar-refractivity contribution >= 4 is 18.2 Å². The first-order valence-electron chi connectivity index (χ1n) is 8.56. The summed E-state index contributed by atoms with van der Waals surface area (Å²) in [7, 11) is 1.57. The van der Waals surface area contributed by atoms with Gasteiger partial charge in [0.1, 0.15) is 17.0 Å². The quantitative estimate of drug-likeness (QED) is 0.629. The number of hydrogen-bond donors (Lipinski definition) is 1.